The van der Waals surface area contributed by atoms with Gasteiger partial charge < -0.3 is 14.2 Å². The van der Waals surface area contributed by atoms with Crippen LogP contribution < -0.4 is 9.47 Å². The fourth-order valence-electron chi connectivity index (χ4n) is 1.89. The minimum Gasteiger partial charge on any atom is -0.497 e. The number of tetrazole rings is 1. The first-order valence-corrected chi connectivity index (χ1v) is 6.83. The molecule has 118 valence electrons. The first-order valence-electron chi connectivity index (χ1n) is 6.83. The van der Waals surface area contributed by atoms with Gasteiger partial charge in [0, 0.05) is 12.6 Å². The highest BCUT2D eigenvalue weighted by molar-refractivity contribution is 5.92. The molecule has 0 aliphatic carbocycles. The van der Waals surface area contributed by atoms with Crippen molar-refractivity contribution in [3.8, 4) is 11.5 Å². The summed E-state index contributed by atoms with van der Waals surface area (Å²) in [6, 6.07) is 4.88. The summed E-state index contributed by atoms with van der Waals surface area (Å²) in [5.41, 5.74) is 0.317. The van der Waals surface area contributed by atoms with Gasteiger partial charge in [0.15, 0.2) is 12.4 Å². The highest BCUT2D eigenvalue weighted by atomic mass is 16.5. The number of nitrogens with zero attached hydrogens (tertiary/aromatic N) is 4. The number of aryl methyl sites for hydroxylation is 1. The van der Waals surface area contributed by atoms with E-state index in [1.165, 1.54) is 7.11 Å². The van der Waals surface area contributed by atoms with Gasteiger partial charge in [-0.3, -0.25) is 0 Å². The van der Waals surface area contributed by atoms with Crippen LogP contribution in [0, 0.1) is 0 Å². The van der Waals surface area contributed by atoms with E-state index in [1.54, 1.807) is 30.0 Å². The van der Waals surface area contributed by atoms with Gasteiger partial charge in [0.05, 0.1) is 14.2 Å². The molecule has 8 heteroatoms. The molecular formula is C14H18N4O4. The molecular weight excluding hydrogens is 288 g/mol. The average Bonchev–Trinajstić information content (AvgIpc) is 2.99. The third kappa shape index (κ3) is 3.51. The second-order valence-corrected chi connectivity index (χ2v) is 4.46. The lowest BCUT2D eigenvalue weighted by molar-refractivity contribution is 0.0452. The highest BCUT2D eigenvalue weighted by Crippen LogP contribution is 2.25. The lowest BCUT2D eigenvalue weighted by atomic mass is 10.2. The molecule has 22 heavy (non-hydrogen) atoms. The van der Waals surface area contributed by atoms with Crippen LogP contribution in [0.2, 0.25) is 0 Å². The van der Waals surface area contributed by atoms with Crippen LogP contribution in [-0.4, -0.2) is 40.4 Å². The largest absolute Gasteiger partial charge is 0.497 e. The summed E-state index contributed by atoms with van der Waals surface area (Å²) in [4.78, 5) is 12.2. The molecule has 0 atom stereocenters. The van der Waals surface area contributed by atoms with Crippen molar-refractivity contribution in [3.05, 3.63) is 29.6 Å². The summed E-state index contributed by atoms with van der Waals surface area (Å²) >= 11 is 0. The van der Waals surface area contributed by atoms with E-state index in [9.17, 15) is 4.79 Å². The molecule has 1 aromatic heterocycles. The molecule has 0 saturated heterocycles. The van der Waals surface area contributed by atoms with Crippen molar-refractivity contribution >= 4 is 5.97 Å². The van der Waals surface area contributed by atoms with Crippen molar-refractivity contribution in [2.24, 2.45) is 0 Å². The molecule has 0 bridgehead atoms. The zero-order valence-corrected chi connectivity index (χ0v) is 12.8. The summed E-state index contributed by atoms with van der Waals surface area (Å²) < 4.78 is 17.1. The van der Waals surface area contributed by atoms with Crippen LogP contribution in [0.5, 0.6) is 11.5 Å². The van der Waals surface area contributed by atoms with E-state index >= 15 is 0 Å². The predicted molar refractivity (Wildman–Crippen MR) is 76.8 cm³/mol. The Hall–Kier alpha value is -2.64. The number of esters is 1. The van der Waals surface area contributed by atoms with Crippen molar-refractivity contribution in [2.75, 3.05) is 14.2 Å². The Morgan fingerprint density at radius 3 is 2.77 bits per heavy atom. The van der Waals surface area contributed by atoms with Gasteiger partial charge in [-0.15, -0.1) is 5.10 Å². The third-order valence-electron chi connectivity index (χ3n) is 3.00. The maximum atomic E-state index is 12.2. The van der Waals surface area contributed by atoms with Crippen LogP contribution in [0.1, 0.15) is 29.5 Å². The Labute approximate surface area is 128 Å². The highest BCUT2D eigenvalue weighted by Gasteiger charge is 2.16. The topological polar surface area (TPSA) is 88.4 Å². The smallest absolute Gasteiger partial charge is 0.342 e. The zero-order valence-electron chi connectivity index (χ0n) is 12.8. The maximum absolute atomic E-state index is 12.2. The molecule has 0 aliphatic rings. The summed E-state index contributed by atoms with van der Waals surface area (Å²) in [7, 11) is 3.02. The Morgan fingerprint density at radius 2 is 2.09 bits per heavy atom. The molecule has 0 aliphatic heterocycles. The molecule has 0 N–H and O–H groups in total. The number of methoxy groups -OCH3 is 2. The fourth-order valence-corrected chi connectivity index (χ4v) is 1.89. The number of aromatic nitrogens is 4. The lowest BCUT2D eigenvalue weighted by Crippen LogP contribution is -2.11. The summed E-state index contributed by atoms with van der Waals surface area (Å²) in [6.45, 7) is 2.69. The van der Waals surface area contributed by atoms with Gasteiger partial charge in [0.25, 0.3) is 0 Å². The number of hydrogen-bond acceptors (Lipinski definition) is 7. The second kappa shape index (κ2) is 7.39. The van der Waals surface area contributed by atoms with E-state index in [4.69, 9.17) is 14.2 Å². The number of hydrogen-bond donors (Lipinski definition) is 0. The normalized spacial score (nSPS) is 10.3. The molecule has 0 fully saturated rings. The quantitative estimate of drug-likeness (QED) is 0.715. The SMILES string of the molecule is CCCn1nnnc1COC(=O)c1ccc(OC)cc1OC. The Kier molecular flexibility index (Phi) is 5.29. The predicted octanol–water partition coefficient (Wildman–Crippen LogP) is 1.46. The first-order chi connectivity index (χ1) is 10.7. The van der Waals surface area contributed by atoms with Crippen molar-refractivity contribution < 1.29 is 19.0 Å². The van der Waals surface area contributed by atoms with Gasteiger partial charge in [0.2, 0.25) is 0 Å². The summed E-state index contributed by atoms with van der Waals surface area (Å²) in [6.07, 6.45) is 0.887. The van der Waals surface area contributed by atoms with Crippen LogP contribution in [-0.2, 0) is 17.9 Å². The van der Waals surface area contributed by atoms with Gasteiger partial charge >= 0.3 is 5.97 Å². The molecule has 1 heterocycles. The fraction of sp³-hybridized carbons (Fsp3) is 0.429. The average molecular weight is 306 g/mol. The van der Waals surface area contributed by atoms with E-state index in [-0.39, 0.29) is 6.61 Å². The van der Waals surface area contributed by atoms with Crippen LogP contribution in [0.4, 0.5) is 0 Å². The van der Waals surface area contributed by atoms with E-state index in [0.717, 1.165) is 6.42 Å². The van der Waals surface area contributed by atoms with Crippen LogP contribution in [0.15, 0.2) is 18.2 Å². The number of rotatable bonds is 7. The number of ether oxygens (including phenoxy) is 3. The van der Waals surface area contributed by atoms with Gasteiger partial charge in [0.1, 0.15) is 17.1 Å². The number of carbonyl (C=O) groups excluding carboxylic acids is 1. The van der Waals surface area contributed by atoms with E-state index in [2.05, 4.69) is 15.5 Å². The number of benzene rings is 1. The summed E-state index contributed by atoms with van der Waals surface area (Å²) in [5.74, 6) is 0.978. The number of carbonyl (C=O) groups is 1. The molecule has 0 saturated carbocycles. The van der Waals surface area contributed by atoms with Gasteiger partial charge in [-0.25, -0.2) is 9.48 Å². The molecule has 0 spiro atoms. The van der Waals surface area contributed by atoms with Crippen LogP contribution >= 0.6 is 0 Å². The molecule has 8 nitrogen and oxygen atoms in total. The molecule has 2 rings (SSSR count). The van der Waals surface area contributed by atoms with Crippen molar-refractivity contribution in [2.45, 2.75) is 26.5 Å². The molecule has 2 aromatic rings. The Balaban J connectivity index is 2.07. The first kappa shape index (κ1) is 15.7. The minimum absolute atomic E-state index is 0.00101. The maximum Gasteiger partial charge on any atom is 0.342 e. The molecule has 0 unspecified atom stereocenters. The van der Waals surface area contributed by atoms with Gasteiger partial charge in [-0.2, -0.15) is 0 Å². The Bertz CT molecular complexity index is 642. The van der Waals surface area contributed by atoms with Crippen LogP contribution in [0.25, 0.3) is 0 Å². The molecule has 0 radical (unpaired) electrons. The van der Waals surface area contributed by atoms with Gasteiger partial charge in [-0.1, -0.05) is 6.92 Å². The standard InChI is InChI=1S/C14H18N4O4/c1-4-7-18-13(15-16-17-18)9-22-14(19)11-6-5-10(20-2)8-12(11)21-3/h5-6,8H,4,7,9H2,1-3H3. The van der Waals surface area contributed by atoms with E-state index in [1.807, 2.05) is 6.92 Å². The van der Waals surface area contributed by atoms with Crippen LogP contribution in [0.3, 0.4) is 0 Å². The monoisotopic (exact) mass is 306 g/mol. The Morgan fingerprint density at radius 1 is 1.27 bits per heavy atom. The zero-order chi connectivity index (χ0) is 15.9. The molecule has 1 aromatic carbocycles. The summed E-state index contributed by atoms with van der Waals surface area (Å²) in [5, 5.41) is 11.3. The minimum atomic E-state index is -0.509. The van der Waals surface area contributed by atoms with E-state index < -0.39 is 5.97 Å². The third-order valence-corrected chi connectivity index (χ3v) is 3.00. The van der Waals surface area contributed by atoms with E-state index in [0.29, 0.717) is 29.4 Å². The van der Waals surface area contributed by atoms with Crippen molar-refractivity contribution in [3.63, 3.8) is 0 Å². The van der Waals surface area contributed by atoms with Crippen molar-refractivity contribution in [1.29, 1.82) is 0 Å². The lowest BCUT2D eigenvalue weighted by Gasteiger charge is -2.10. The van der Waals surface area contributed by atoms with Crippen molar-refractivity contribution in [1.82, 2.24) is 20.2 Å². The second-order valence-electron chi connectivity index (χ2n) is 4.46. The molecule has 0 amide bonds. The van der Waals surface area contributed by atoms with Gasteiger partial charge in [-0.05, 0) is 29.0 Å².